The molecule has 2 fully saturated rings. The van der Waals surface area contributed by atoms with Gasteiger partial charge in [-0.2, -0.15) is 0 Å². The minimum atomic E-state index is -0.0926. The molecule has 2 aliphatic rings. The number of benzene rings is 1. The Morgan fingerprint density at radius 2 is 1.93 bits per heavy atom. The van der Waals surface area contributed by atoms with E-state index in [2.05, 4.69) is 4.98 Å². The van der Waals surface area contributed by atoms with Crippen molar-refractivity contribution in [3.8, 4) is 0 Å². The van der Waals surface area contributed by atoms with Crippen molar-refractivity contribution in [1.82, 2.24) is 14.8 Å². The van der Waals surface area contributed by atoms with Crippen LogP contribution in [-0.4, -0.2) is 53.3 Å². The van der Waals surface area contributed by atoms with Gasteiger partial charge in [-0.3, -0.25) is 9.59 Å². The summed E-state index contributed by atoms with van der Waals surface area (Å²) in [5.74, 6) is 0.608. The molecule has 1 aromatic heterocycles. The van der Waals surface area contributed by atoms with Gasteiger partial charge in [-0.25, -0.2) is 4.98 Å². The van der Waals surface area contributed by atoms with Crippen LogP contribution in [0.4, 0.5) is 0 Å². The van der Waals surface area contributed by atoms with Crippen LogP contribution in [0, 0.1) is 12.3 Å². The lowest BCUT2D eigenvalue weighted by molar-refractivity contribution is -0.139. The van der Waals surface area contributed by atoms with Crippen LogP contribution < -0.4 is 0 Å². The van der Waals surface area contributed by atoms with Crippen molar-refractivity contribution in [2.45, 2.75) is 32.1 Å². The van der Waals surface area contributed by atoms with Gasteiger partial charge in [0.05, 0.1) is 5.92 Å². The Bertz CT molecular complexity index is 837. The number of hydrogen-bond acceptors (Lipinski definition) is 4. The molecular weight excluding hydrogens is 342 g/mol. The number of likely N-dealkylation sites (tertiary alicyclic amines) is 2. The number of aryl methyl sites for hydroxylation is 1. The van der Waals surface area contributed by atoms with Gasteiger partial charge >= 0.3 is 0 Å². The normalized spacial score (nSPS) is 22.3. The number of aromatic nitrogens is 1. The highest BCUT2D eigenvalue weighted by Gasteiger charge is 2.45. The maximum Gasteiger partial charge on any atom is 0.276 e. The Labute approximate surface area is 159 Å². The molecule has 0 bridgehead atoms. The van der Waals surface area contributed by atoms with E-state index in [1.54, 1.807) is 6.92 Å². The lowest BCUT2D eigenvalue weighted by atomic mass is 9.67. The summed E-state index contributed by atoms with van der Waals surface area (Å²) in [4.78, 5) is 33.3. The molecule has 3 heterocycles. The van der Waals surface area contributed by atoms with Gasteiger partial charge in [0.25, 0.3) is 5.91 Å². The summed E-state index contributed by atoms with van der Waals surface area (Å²) >= 11 is 0. The van der Waals surface area contributed by atoms with Crippen molar-refractivity contribution in [2.24, 2.45) is 5.41 Å². The van der Waals surface area contributed by atoms with Crippen LogP contribution in [0.5, 0.6) is 0 Å². The molecule has 2 aromatic rings. The molecule has 0 unspecified atom stereocenters. The van der Waals surface area contributed by atoms with Crippen LogP contribution in [0.25, 0.3) is 0 Å². The zero-order valence-corrected chi connectivity index (χ0v) is 15.9. The molecule has 0 radical (unpaired) electrons. The zero-order valence-electron chi connectivity index (χ0n) is 15.9. The summed E-state index contributed by atoms with van der Waals surface area (Å²) in [7, 11) is 1.90. The van der Waals surface area contributed by atoms with Gasteiger partial charge in [-0.05, 0) is 37.2 Å². The lowest BCUT2D eigenvalue weighted by Crippen LogP contribution is -2.53. The first-order valence-corrected chi connectivity index (χ1v) is 9.48. The van der Waals surface area contributed by atoms with Crippen molar-refractivity contribution in [3.63, 3.8) is 0 Å². The first kappa shape index (κ1) is 17.8. The number of likely N-dealkylation sites (N-methyl/N-ethyl adjacent to an activating group) is 1. The third-order valence-corrected chi connectivity index (χ3v) is 6.14. The summed E-state index contributed by atoms with van der Waals surface area (Å²) in [5, 5.41) is 0. The van der Waals surface area contributed by atoms with Crippen LogP contribution in [0.15, 0.2) is 41.1 Å². The van der Waals surface area contributed by atoms with Gasteiger partial charge in [-0.15, -0.1) is 0 Å². The quantitative estimate of drug-likeness (QED) is 0.819. The average Bonchev–Trinajstić information content (AvgIpc) is 3.11. The van der Waals surface area contributed by atoms with Gasteiger partial charge < -0.3 is 14.2 Å². The van der Waals surface area contributed by atoms with E-state index in [9.17, 15) is 9.59 Å². The van der Waals surface area contributed by atoms with E-state index in [0.29, 0.717) is 24.5 Å². The van der Waals surface area contributed by atoms with Crippen LogP contribution in [0.1, 0.15) is 47.0 Å². The summed E-state index contributed by atoms with van der Waals surface area (Å²) in [6, 6.07) is 10.0. The second-order valence-electron chi connectivity index (χ2n) is 7.91. The van der Waals surface area contributed by atoms with Crippen molar-refractivity contribution < 1.29 is 14.0 Å². The average molecular weight is 367 g/mol. The van der Waals surface area contributed by atoms with Crippen LogP contribution in [-0.2, 0) is 4.79 Å². The number of rotatable bonds is 2. The number of oxazole rings is 1. The Morgan fingerprint density at radius 1 is 1.22 bits per heavy atom. The molecule has 4 rings (SSSR count). The van der Waals surface area contributed by atoms with Gasteiger partial charge in [0, 0.05) is 26.7 Å². The first-order chi connectivity index (χ1) is 13.0. The van der Waals surface area contributed by atoms with E-state index in [0.717, 1.165) is 31.4 Å². The van der Waals surface area contributed by atoms with Gasteiger partial charge in [0.1, 0.15) is 5.76 Å². The maximum atomic E-state index is 12.8. The molecule has 0 saturated carbocycles. The molecule has 142 valence electrons. The fraction of sp³-hybridized carbons (Fsp3) is 0.476. The summed E-state index contributed by atoms with van der Waals surface area (Å²) < 4.78 is 5.17. The van der Waals surface area contributed by atoms with Gasteiger partial charge in [0.2, 0.25) is 5.91 Å². The van der Waals surface area contributed by atoms with Crippen molar-refractivity contribution in [1.29, 1.82) is 0 Å². The molecule has 6 nitrogen and oxygen atoms in total. The molecule has 2 saturated heterocycles. The van der Waals surface area contributed by atoms with Crippen molar-refractivity contribution in [2.75, 3.05) is 26.7 Å². The number of amides is 2. The van der Waals surface area contributed by atoms with E-state index in [1.165, 1.54) is 6.39 Å². The molecule has 1 spiro atoms. The first-order valence-electron chi connectivity index (χ1n) is 9.48. The predicted molar refractivity (Wildman–Crippen MR) is 100 cm³/mol. The number of hydrogen-bond donors (Lipinski definition) is 0. The molecule has 2 amide bonds. The molecule has 27 heavy (non-hydrogen) atoms. The van der Waals surface area contributed by atoms with E-state index in [1.807, 2.05) is 47.2 Å². The van der Waals surface area contributed by atoms with Gasteiger partial charge in [-0.1, -0.05) is 30.3 Å². The van der Waals surface area contributed by atoms with Crippen LogP contribution in [0.3, 0.4) is 0 Å². The molecule has 1 atom stereocenters. The fourth-order valence-corrected chi connectivity index (χ4v) is 4.58. The third kappa shape index (κ3) is 3.24. The number of piperidine rings is 2. The minimum absolute atomic E-state index is 0.0593. The molecule has 0 aliphatic carbocycles. The van der Waals surface area contributed by atoms with Crippen molar-refractivity contribution >= 4 is 11.8 Å². The molecule has 6 heteroatoms. The summed E-state index contributed by atoms with van der Waals surface area (Å²) in [6.45, 7) is 3.90. The highest BCUT2D eigenvalue weighted by molar-refractivity contribution is 5.93. The smallest absolute Gasteiger partial charge is 0.276 e. The molecular formula is C21H25N3O3. The monoisotopic (exact) mass is 367 g/mol. The second kappa shape index (κ2) is 6.83. The Morgan fingerprint density at radius 3 is 2.56 bits per heavy atom. The van der Waals surface area contributed by atoms with E-state index in [4.69, 9.17) is 4.42 Å². The lowest BCUT2D eigenvalue weighted by Gasteiger charge is -2.49. The highest BCUT2D eigenvalue weighted by Crippen LogP contribution is 2.45. The number of carbonyl (C=O) groups is 2. The fourth-order valence-electron chi connectivity index (χ4n) is 4.58. The molecule has 2 aliphatic heterocycles. The standard InChI is InChI=1S/C21H25N3O3/c1-15-18(22-14-27-15)20(26)24-10-8-21(9-11-24)12-17(19(25)23(2)13-21)16-6-4-3-5-7-16/h3-7,14,17H,8-13H2,1-2H3/t17-/m1/s1. The minimum Gasteiger partial charge on any atom is -0.448 e. The SMILES string of the molecule is Cc1ocnc1C(=O)N1CCC2(CC1)C[C@H](c1ccccc1)C(=O)N(C)C2. The highest BCUT2D eigenvalue weighted by atomic mass is 16.3. The Hall–Kier alpha value is -2.63. The second-order valence-corrected chi connectivity index (χ2v) is 7.91. The zero-order chi connectivity index (χ0) is 19.0. The maximum absolute atomic E-state index is 12.8. The van der Waals surface area contributed by atoms with Crippen molar-refractivity contribution in [3.05, 3.63) is 53.7 Å². The third-order valence-electron chi connectivity index (χ3n) is 6.14. The Balaban J connectivity index is 1.49. The molecule has 1 aromatic carbocycles. The predicted octanol–water partition coefficient (Wildman–Crippen LogP) is 2.85. The van der Waals surface area contributed by atoms with Crippen LogP contribution >= 0.6 is 0 Å². The van der Waals surface area contributed by atoms with Crippen LogP contribution in [0.2, 0.25) is 0 Å². The Kier molecular flexibility index (Phi) is 4.50. The largest absolute Gasteiger partial charge is 0.448 e. The van der Waals surface area contributed by atoms with E-state index in [-0.39, 0.29) is 23.1 Å². The van der Waals surface area contributed by atoms with E-state index < -0.39 is 0 Å². The summed E-state index contributed by atoms with van der Waals surface area (Å²) in [5.41, 5.74) is 1.56. The van der Waals surface area contributed by atoms with E-state index >= 15 is 0 Å². The number of nitrogens with zero attached hydrogens (tertiary/aromatic N) is 3. The summed E-state index contributed by atoms with van der Waals surface area (Å²) in [6.07, 6.45) is 3.97. The van der Waals surface area contributed by atoms with Gasteiger partial charge in [0.15, 0.2) is 12.1 Å². The topological polar surface area (TPSA) is 66.7 Å². The number of carbonyl (C=O) groups excluding carboxylic acids is 2. The molecule has 0 N–H and O–H groups in total.